The van der Waals surface area contributed by atoms with Gasteiger partial charge in [-0.05, 0) is 43.9 Å². The lowest BCUT2D eigenvalue weighted by Gasteiger charge is -2.08. The van der Waals surface area contributed by atoms with Crippen LogP contribution in [0.3, 0.4) is 0 Å². The molecule has 0 amide bonds. The Labute approximate surface area is 83.4 Å². The van der Waals surface area contributed by atoms with E-state index in [1.807, 2.05) is 0 Å². The molecule has 0 spiro atoms. The van der Waals surface area contributed by atoms with Crippen LogP contribution in [0.2, 0.25) is 0 Å². The van der Waals surface area contributed by atoms with Crippen molar-refractivity contribution < 1.29 is 0 Å². The monoisotopic (exact) mass is 180 g/mol. The predicted molar refractivity (Wildman–Crippen MR) is 59.7 cm³/mol. The van der Waals surface area contributed by atoms with Crippen LogP contribution in [-0.2, 0) is 0 Å². The van der Waals surface area contributed by atoms with Gasteiger partial charge in [0.2, 0.25) is 0 Å². The highest BCUT2D eigenvalue weighted by Crippen LogP contribution is 2.46. The van der Waals surface area contributed by atoms with Crippen LogP contribution in [0.15, 0.2) is 11.6 Å². The summed E-state index contributed by atoms with van der Waals surface area (Å²) in [7, 11) is 0. The number of hydrogen-bond acceptors (Lipinski definition) is 0. The molecule has 1 fully saturated rings. The van der Waals surface area contributed by atoms with Gasteiger partial charge < -0.3 is 0 Å². The van der Waals surface area contributed by atoms with Crippen molar-refractivity contribution in [3.8, 4) is 0 Å². The third-order valence-corrected chi connectivity index (χ3v) is 3.58. The SMILES string of the molecule is CCC(C=C(C)C1CC1CC)CC. The van der Waals surface area contributed by atoms with E-state index in [0.29, 0.717) is 0 Å². The van der Waals surface area contributed by atoms with Crippen LogP contribution in [0.1, 0.15) is 53.4 Å². The third-order valence-electron chi connectivity index (χ3n) is 3.58. The van der Waals surface area contributed by atoms with Crippen molar-refractivity contribution >= 4 is 0 Å². The minimum Gasteiger partial charge on any atom is -0.0822 e. The first kappa shape index (κ1) is 10.8. The van der Waals surface area contributed by atoms with Gasteiger partial charge in [0, 0.05) is 0 Å². The smallest absolute Gasteiger partial charge is 0.0175 e. The second-order valence-corrected chi connectivity index (χ2v) is 4.50. The van der Waals surface area contributed by atoms with Gasteiger partial charge in [0.15, 0.2) is 0 Å². The molecule has 1 rings (SSSR count). The maximum Gasteiger partial charge on any atom is -0.0175 e. The van der Waals surface area contributed by atoms with Crippen molar-refractivity contribution in [1.29, 1.82) is 0 Å². The lowest BCUT2D eigenvalue weighted by molar-refractivity contribution is 0.596. The first-order valence-corrected chi connectivity index (χ1v) is 5.91. The van der Waals surface area contributed by atoms with Gasteiger partial charge in [-0.1, -0.05) is 38.8 Å². The maximum atomic E-state index is 2.53. The van der Waals surface area contributed by atoms with Crippen molar-refractivity contribution in [2.24, 2.45) is 17.8 Å². The van der Waals surface area contributed by atoms with Gasteiger partial charge in [-0.25, -0.2) is 0 Å². The Hall–Kier alpha value is -0.260. The molecule has 0 aromatic heterocycles. The molecule has 0 saturated heterocycles. The molecule has 2 atom stereocenters. The zero-order valence-corrected chi connectivity index (χ0v) is 9.64. The largest absolute Gasteiger partial charge is 0.0822 e. The quantitative estimate of drug-likeness (QED) is 0.550. The molecule has 76 valence electrons. The second-order valence-electron chi connectivity index (χ2n) is 4.50. The molecule has 0 aromatic carbocycles. The topological polar surface area (TPSA) is 0 Å². The number of rotatable bonds is 5. The summed E-state index contributed by atoms with van der Waals surface area (Å²) < 4.78 is 0. The van der Waals surface area contributed by atoms with E-state index in [9.17, 15) is 0 Å². The van der Waals surface area contributed by atoms with Gasteiger partial charge >= 0.3 is 0 Å². The zero-order chi connectivity index (χ0) is 9.84. The highest BCUT2D eigenvalue weighted by molar-refractivity contribution is 5.14. The molecule has 1 saturated carbocycles. The van der Waals surface area contributed by atoms with Crippen molar-refractivity contribution in [2.45, 2.75) is 53.4 Å². The summed E-state index contributed by atoms with van der Waals surface area (Å²) in [6.07, 6.45) is 7.97. The van der Waals surface area contributed by atoms with E-state index in [4.69, 9.17) is 0 Å². The van der Waals surface area contributed by atoms with E-state index in [0.717, 1.165) is 17.8 Å². The number of allylic oxidation sites excluding steroid dienone is 2. The Morgan fingerprint density at radius 3 is 2.31 bits per heavy atom. The molecular formula is C13H24. The highest BCUT2D eigenvalue weighted by Gasteiger charge is 2.36. The molecule has 0 bridgehead atoms. The second kappa shape index (κ2) is 4.83. The summed E-state index contributed by atoms with van der Waals surface area (Å²) in [6, 6.07) is 0. The van der Waals surface area contributed by atoms with Gasteiger partial charge in [0.25, 0.3) is 0 Å². The molecule has 1 aliphatic carbocycles. The van der Waals surface area contributed by atoms with E-state index >= 15 is 0 Å². The van der Waals surface area contributed by atoms with E-state index in [-0.39, 0.29) is 0 Å². The lowest BCUT2D eigenvalue weighted by atomic mass is 9.98. The van der Waals surface area contributed by atoms with Gasteiger partial charge in [0.1, 0.15) is 0 Å². The fourth-order valence-electron chi connectivity index (χ4n) is 2.28. The fraction of sp³-hybridized carbons (Fsp3) is 0.846. The summed E-state index contributed by atoms with van der Waals surface area (Å²) in [5, 5.41) is 0. The Bertz CT molecular complexity index is 174. The van der Waals surface area contributed by atoms with Crippen LogP contribution in [0.4, 0.5) is 0 Å². The molecular weight excluding hydrogens is 156 g/mol. The Kier molecular flexibility index (Phi) is 4.02. The molecule has 1 aliphatic rings. The van der Waals surface area contributed by atoms with Gasteiger partial charge in [-0.3, -0.25) is 0 Å². The summed E-state index contributed by atoms with van der Waals surface area (Å²) in [5.41, 5.74) is 1.67. The van der Waals surface area contributed by atoms with E-state index in [2.05, 4.69) is 33.8 Å². The first-order valence-electron chi connectivity index (χ1n) is 5.91. The molecule has 2 unspecified atom stereocenters. The average Bonchev–Trinajstić information content (AvgIpc) is 2.92. The van der Waals surface area contributed by atoms with Crippen LogP contribution < -0.4 is 0 Å². The van der Waals surface area contributed by atoms with E-state index < -0.39 is 0 Å². The molecule has 13 heavy (non-hydrogen) atoms. The minimum atomic E-state index is 0.832. The summed E-state index contributed by atoms with van der Waals surface area (Å²) >= 11 is 0. The van der Waals surface area contributed by atoms with Crippen molar-refractivity contribution in [2.75, 3.05) is 0 Å². The Morgan fingerprint density at radius 2 is 1.92 bits per heavy atom. The zero-order valence-electron chi connectivity index (χ0n) is 9.64. The van der Waals surface area contributed by atoms with Gasteiger partial charge in [-0.15, -0.1) is 0 Å². The molecule has 0 heteroatoms. The first-order chi connectivity index (χ1) is 6.22. The fourth-order valence-corrected chi connectivity index (χ4v) is 2.28. The van der Waals surface area contributed by atoms with Crippen LogP contribution >= 0.6 is 0 Å². The molecule has 0 N–H and O–H groups in total. The van der Waals surface area contributed by atoms with Crippen molar-refractivity contribution in [1.82, 2.24) is 0 Å². The van der Waals surface area contributed by atoms with E-state index in [1.54, 1.807) is 5.57 Å². The molecule has 0 radical (unpaired) electrons. The maximum absolute atomic E-state index is 2.53. The van der Waals surface area contributed by atoms with Crippen molar-refractivity contribution in [3.63, 3.8) is 0 Å². The van der Waals surface area contributed by atoms with Crippen LogP contribution in [-0.4, -0.2) is 0 Å². The molecule has 0 nitrogen and oxygen atoms in total. The van der Waals surface area contributed by atoms with Crippen LogP contribution in [0.25, 0.3) is 0 Å². The minimum absolute atomic E-state index is 0.832. The Balaban J connectivity index is 2.42. The highest BCUT2D eigenvalue weighted by atomic mass is 14.4. The van der Waals surface area contributed by atoms with Gasteiger partial charge in [0.05, 0.1) is 0 Å². The van der Waals surface area contributed by atoms with Crippen LogP contribution in [0.5, 0.6) is 0 Å². The molecule has 0 aromatic rings. The summed E-state index contributed by atoms with van der Waals surface area (Å²) in [5.74, 6) is 2.80. The standard InChI is InChI=1S/C13H24/c1-5-11(6-2)8-10(4)13-9-12(13)7-3/h8,11-13H,5-7,9H2,1-4H3. The number of hydrogen-bond donors (Lipinski definition) is 0. The van der Waals surface area contributed by atoms with Gasteiger partial charge in [-0.2, -0.15) is 0 Å². The molecule has 0 heterocycles. The van der Waals surface area contributed by atoms with Crippen LogP contribution in [0, 0.1) is 17.8 Å². The third kappa shape index (κ3) is 2.86. The average molecular weight is 180 g/mol. The molecule has 0 aliphatic heterocycles. The summed E-state index contributed by atoms with van der Waals surface area (Å²) in [4.78, 5) is 0. The van der Waals surface area contributed by atoms with E-state index in [1.165, 1.54) is 25.7 Å². The summed E-state index contributed by atoms with van der Waals surface area (Å²) in [6.45, 7) is 9.23. The van der Waals surface area contributed by atoms with Crippen molar-refractivity contribution in [3.05, 3.63) is 11.6 Å². The predicted octanol–water partition coefficient (Wildman–Crippen LogP) is 4.42. The normalized spacial score (nSPS) is 28.2. The Morgan fingerprint density at radius 1 is 1.31 bits per heavy atom. The lowest BCUT2D eigenvalue weighted by Crippen LogP contribution is -1.94.